The maximum absolute atomic E-state index is 13.9. The maximum atomic E-state index is 13.9. The monoisotopic (exact) mass is 429 g/mol. The number of hydrogen-bond acceptors (Lipinski definition) is 4. The number of nitrogens with one attached hydrogen (secondary N) is 1. The van der Waals surface area contributed by atoms with Crippen molar-refractivity contribution in [3.8, 4) is 11.5 Å². The number of halogens is 2. The van der Waals surface area contributed by atoms with Crippen LogP contribution in [0.25, 0.3) is 0 Å². The minimum absolute atomic E-state index is 0.0278. The molecule has 0 saturated carbocycles. The van der Waals surface area contributed by atoms with E-state index in [1.807, 2.05) is 13.0 Å². The van der Waals surface area contributed by atoms with Crippen LogP contribution in [0.15, 0.2) is 60.7 Å². The molecule has 0 unspecified atom stereocenters. The maximum Gasteiger partial charge on any atom is 0.335 e. The van der Waals surface area contributed by atoms with Crippen LogP contribution < -0.4 is 14.8 Å². The van der Waals surface area contributed by atoms with Crippen LogP contribution in [-0.2, 0) is 13.2 Å². The normalized spacial score (nSPS) is 10.5. The molecule has 0 radical (unpaired) electrons. The topological polar surface area (TPSA) is 67.8 Å². The van der Waals surface area contributed by atoms with Gasteiger partial charge in [0.05, 0.1) is 17.2 Å². The lowest BCUT2D eigenvalue weighted by Crippen LogP contribution is -2.05. The predicted octanol–water partition coefficient (Wildman–Crippen LogP) is 5.77. The van der Waals surface area contributed by atoms with E-state index in [0.29, 0.717) is 35.2 Å². The van der Waals surface area contributed by atoms with Gasteiger partial charge in [-0.25, -0.2) is 9.18 Å². The summed E-state index contributed by atoms with van der Waals surface area (Å²) in [5.41, 5.74) is 2.27. The van der Waals surface area contributed by atoms with Crippen molar-refractivity contribution in [3.05, 3.63) is 88.2 Å². The zero-order valence-corrected chi connectivity index (χ0v) is 17.1. The van der Waals surface area contributed by atoms with Gasteiger partial charge in [-0.05, 0) is 55.0 Å². The summed E-state index contributed by atoms with van der Waals surface area (Å²) in [6, 6.07) is 16.4. The van der Waals surface area contributed by atoms with Crippen molar-refractivity contribution in [3.63, 3.8) is 0 Å². The number of benzene rings is 3. The third-order valence-corrected chi connectivity index (χ3v) is 4.61. The summed E-state index contributed by atoms with van der Waals surface area (Å²) < 4.78 is 25.3. The molecule has 3 aromatic rings. The molecule has 0 aliphatic rings. The summed E-state index contributed by atoms with van der Waals surface area (Å²) in [4.78, 5) is 10.9. The van der Waals surface area contributed by atoms with E-state index in [-0.39, 0.29) is 18.0 Å². The van der Waals surface area contributed by atoms with Crippen LogP contribution in [0.1, 0.15) is 28.4 Å². The molecule has 0 bridgehead atoms. The molecular formula is C23H21ClFNO4. The SMILES string of the molecule is CCOc1cc(CNc2ccc(C(=O)O)cc2)cc(Cl)c1OCc1ccccc1F. The van der Waals surface area contributed by atoms with Gasteiger partial charge >= 0.3 is 5.97 Å². The Morgan fingerprint density at radius 1 is 1.10 bits per heavy atom. The highest BCUT2D eigenvalue weighted by atomic mass is 35.5. The van der Waals surface area contributed by atoms with Gasteiger partial charge in [0, 0.05) is 17.8 Å². The smallest absolute Gasteiger partial charge is 0.335 e. The number of carboxylic acids is 1. The van der Waals surface area contributed by atoms with Crippen molar-refractivity contribution in [2.45, 2.75) is 20.1 Å². The molecule has 0 heterocycles. The second-order valence-electron chi connectivity index (χ2n) is 6.45. The highest BCUT2D eigenvalue weighted by molar-refractivity contribution is 6.32. The molecular weight excluding hydrogens is 409 g/mol. The fourth-order valence-corrected chi connectivity index (χ4v) is 3.11. The average molecular weight is 430 g/mol. The fraction of sp³-hybridized carbons (Fsp3) is 0.174. The zero-order valence-electron chi connectivity index (χ0n) is 16.3. The Morgan fingerprint density at radius 3 is 2.50 bits per heavy atom. The lowest BCUT2D eigenvalue weighted by Gasteiger charge is -2.16. The Morgan fingerprint density at radius 2 is 1.83 bits per heavy atom. The van der Waals surface area contributed by atoms with Crippen LogP contribution in [0.5, 0.6) is 11.5 Å². The lowest BCUT2D eigenvalue weighted by molar-refractivity contribution is 0.0697. The van der Waals surface area contributed by atoms with Crippen molar-refractivity contribution in [1.82, 2.24) is 0 Å². The summed E-state index contributed by atoms with van der Waals surface area (Å²) in [6.07, 6.45) is 0. The number of carbonyl (C=O) groups is 1. The van der Waals surface area contributed by atoms with E-state index in [0.717, 1.165) is 11.3 Å². The summed E-state index contributed by atoms with van der Waals surface area (Å²) in [5.74, 6) is -0.488. The largest absolute Gasteiger partial charge is 0.490 e. The Labute approximate surface area is 179 Å². The van der Waals surface area contributed by atoms with Gasteiger partial charge in [-0.2, -0.15) is 0 Å². The molecule has 0 spiro atoms. The number of ether oxygens (including phenoxy) is 2. The summed E-state index contributed by atoms with van der Waals surface area (Å²) in [5, 5.41) is 12.5. The highest BCUT2D eigenvalue weighted by Gasteiger charge is 2.14. The molecule has 2 N–H and O–H groups in total. The zero-order chi connectivity index (χ0) is 21.5. The van der Waals surface area contributed by atoms with Crippen molar-refractivity contribution >= 4 is 23.3 Å². The van der Waals surface area contributed by atoms with Crippen molar-refractivity contribution < 1.29 is 23.8 Å². The number of carboxylic acid groups (broad SMARTS) is 1. The van der Waals surface area contributed by atoms with Gasteiger partial charge in [-0.3, -0.25) is 0 Å². The Bertz CT molecular complexity index is 1020. The van der Waals surface area contributed by atoms with Gasteiger partial charge in [0.2, 0.25) is 0 Å². The van der Waals surface area contributed by atoms with Gasteiger partial charge in [-0.15, -0.1) is 0 Å². The Kier molecular flexibility index (Phi) is 7.14. The third-order valence-electron chi connectivity index (χ3n) is 4.33. The van der Waals surface area contributed by atoms with Crippen molar-refractivity contribution in [2.75, 3.05) is 11.9 Å². The third kappa shape index (κ3) is 5.42. The first-order chi connectivity index (χ1) is 14.5. The minimum atomic E-state index is -0.972. The van der Waals surface area contributed by atoms with Crippen LogP contribution >= 0.6 is 11.6 Å². The Hall–Kier alpha value is -3.25. The van der Waals surface area contributed by atoms with E-state index >= 15 is 0 Å². The van der Waals surface area contributed by atoms with E-state index in [1.165, 1.54) is 18.2 Å². The lowest BCUT2D eigenvalue weighted by atomic mass is 10.1. The molecule has 0 atom stereocenters. The fourth-order valence-electron chi connectivity index (χ4n) is 2.83. The van der Waals surface area contributed by atoms with Crippen molar-refractivity contribution in [2.24, 2.45) is 0 Å². The second kappa shape index (κ2) is 9.98. The standard InChI is InChI=1S/C23H21ClFNO4/c1-2-29-21-12-15(13-26-18-9-7-16(8-10-18)23(27)28)11-19(24)22(21)30-14-17-5-3-4-6-20(17)25/h3-12,26H,2,13-14H2,1H3,(H,27,28). The highest BCUT2D eigenvalue weighted by Crippen LogP contribution is 2.37. The van der Waals surface area contributed by atoms with E-state index in [2.05, 4.69) is 5.32 Å². The van der Waals surface area contributed by atoms with Crippen LogP contribution in [-0.4, -0.2) is 17.7 Å². The van der Waals surface area contributed by atoms with E-state index < -0.39 is 5.97 Å². The van der Waals surface area contributed by atoms with Gasteiger partial charge in [0.25, 0.3) is 0 Å². The molecule has 7 heteroatoms. The first-order valence-electron chi connectivity index (χ1n) is 9.36. The van der Waals surface area contributed by atoms with Crippen LogP contribution in [0.4, 0.5) is 10.1 Å². The molecule has 3 aromatic carbocycles. The number of anilines is 1. The molecule has 156 valence electrons. The number of rotatable bonds is 9. The first-order valence-corrected chi connectivity index (χ1v) is 9.74. The molecule has 30 heavy (non-hydrogen) atoms. The van der Waals surface area contributed by atoms with Gasteiger partial charge in [-0.1, -0.05) is 29.8 Å². The van der Waals surface area contributed by atoms with Gasteiger partial charge in [0.1, 0.15) is 12.4 Å². The van der Waals surface area contributed by atoms with Crippen LogP contribution in [0.2, 0.25) is 5.02 Å². The quantitative estimate of drug-likeness (QED) is 0.452. The molecule has 0 aliphatic heterocycles. The molecule has 0 aromatic heterocycles. The van der Waals surface area contributed by atoms with E-state index in [4.69, 9.17) is 26.2 Å². The minimum Gasteiger partial charge on any atom is -0.490 e. The summed E-state index contributed by atoms with van der Waals surface area (Å²) in [6.45, 7) is 2.74. The molecule has 0 fully saturated rings. The molecule has 0 aliphatic carbocycles. The second-order valence-corrected chi connectivity index (χ2v) is 6.86. The average Bonchev–Trinajstić information content (AvgIpc) is 2.73. The number of hydrogen-bond donors (Lipinski definition) is 2. The number of aromatic carboxylic acids is 1. The molecule has 3 rings (SSSR count). The van der Waals surface area contributed by atoms with E-state index in [9.17, 15) is 9.18 Å². The summed E-state index contributed by atoms with van der Waals surface area (Å²) >= 11 is 6.42. The van der Waals surface area contributed by atoms with Crippen LogP contribution in [0, 0.1) is 5.82 Å². The predicted molar refractivity (Wildman–Crippen MR) is 114 cm³/mol. The summed E-state index contributed by atoms with van der Waals surface area (Å²) in [7, 11) is 0. The van der Waals surface area contributed by atoms with E-state index in [1.54, 1.807) is 36.4 Å². The molecule has 5 nitrogen and oxygen atoms in total. The van der Waals surface area contributed by atoms with Gasteiger partial charge < -0.3 is 19.9 Å². The Balaban J connectivity index is 1.73. The molecule has 0 saturated heterocycles. The van der Waals surface area contributed by atoms with Gasteiger partial charge in [0.15, 0.2) is 11.5 Å². The first kappa shape index (κ1) is 21.5. The van der Waals surface area contributed by atoms with Crippen molar-refractivity contribution in [1.29, 1.82) is 0 Å². The van der Waals surface area contributed by atoms with Crippen LogP contribution in [0.3, 0.4) is 0 Å². The molecule has 0 amide bonds.